The highest BCUT2D eigenvalue weighted by Crippen LogP contribution is 2.38. The first-order chi connectivity index (χ1) is 17.5. The standard InChI is InChI=1S/C24H24F4IN5O3/c25-16-3-4-17(26)20-15(16)7-18(33-20)23(37)34-14(10-29)8-24(27,28)9-19(34)22(36)32-13(11-30)6-12-2-1-5-31-21(12)35/h3-4,7,12-14,19,33H,1-2,5-6,8-10H2,(H,31,35)(H,32,36)/t12-,13-,14+,19-/m0/s1. The van der Waals surface area contributed by atoms with Crippen molar-refractivity contribution < 1.29 is 31.9 Å². The molecule has 0 saturated carbocycles. The van der Waals surface area contributed by atoms with Gasteiger partial charge in [0.1, 0.15) is 29.4 Å². The Kier molecular flexibility index (Phi) is 7.96. The smallest absolute Gasteiger partial charge is 0.271 e. The molecule has 0 aliphatic carbocycles. The quantitative estimate of drug-likeness (QED) is 0.257. The van der Waals surface area contributed by atoms with E-state index in [1.54, 1.807) is 0 Å². The van der Waals surface area contributed by atoms with E-state index in [9.17, 15) is 37.2 Å². The monoisotopic (exact) mass is 633 g/mol. The van der Waals surface area contributed by atoms with Gasteiger partial charge in [-0.1, -0.05) is 22.6 Å². The summed E-state index contributed by atoms with van der Waals surface area (Å²) in [5.74, 6) is -7.43. The molecule has 4 atom stereocenters. The van der Waals surface area contributed by atoms with Crippen molar-refractivity contribution in [1.82, 2.24) is 20.5 Å². The van der Waals surface area contributed by atoms with Gasteiger partial charge in [-0.25, -0.2) is 17.6 Å². The second-order valence-corrected chi connectivity index (χ2v) is 10.2. The highest BCUT2D eigenvalue weighted by atomic mass is 127. The molecular weight excluding hydrogens is 609 g/mol. The lowest BCUT2D eigenvalue weighted by molar-refractivity contribution is -0.139. The number of H-pyrrole nitrogens is 1. The van der Waals surface area contributed by atoms with Gasteiger partial charge in [-0.2, -0.15) is 5.26 Å². The summed E-state index contributed by atoms with van der Waals surface area (Å²) >= 11 is 1.84. The topological polar surface area (TPSA) is 118 Å². The Bertz CT molecular complexity index is 1220. The van der Waals surface area contributed by atoms with Crippen molar-refractivity contribution in [1.29, 1.82) is 5.26 Å². The van der Waals surface area contributed by atoms with E-state index in [1.807, 2.05) is 28.7 Å². The van der Waals surface area contributed by atoms with Crippen molar-refractivity contribution in [2.75, 3.05) is 11.0 Å². The van der Waals surface area contributed by atoms with Gasteiger partial charge in [0, 0.05) is 41.2 Å². The predicted octanol–water partition coefficient (Wildman–Crippen LogP) is 3.41. The van der Waals surface area contributed by atoms with Gasteiger partial charge in [0.15, 0.2) is 0 Å². The number of carbonyl (C=O) groups is 3. The van der Waals surface area contributed by atoms with Gasteiger partial charge in [0.05, 0.1) is 11.6 Å². The molecule has 198 valence electrons. The first-order valence-corrected chi connectivity index (χ1v) is 13.3. The highest BCUT2D eigenvalue weighted by molar-refractivity contribution is 14.1. The van der Waals surface area contributed by atoms with E-state index in [-0.39, 0.29) is 33.4 Å². The van der Waals surface area contributed by atoms with Crippen LogP contribution in [0.5, 0.6) is 0 Å². The molecule has 13 heteroatoms. The number of fused-ring (bicyclic) bond motifs is 1. The molecular formula is C24H24F4IN5O3. The van der Waals surface area contributed by atoms with Crippen LogP contribution in [0.4, 0.5) is 17.6 Å². The van der Waals surface area contributed by atoms with Crippen molar-refractivity contribution in [2.24, 2.45) is 5.92 Å². The van der Waals surface area contributed by atoms with E-state index in [4.69, 9.17) is 0 Å². The number of piperidine rings is 2. The summed E-state index contributed by atoms with van der Waals surface area (Å²) in [5, 5.41) is 14.5. The van der Waals surface area contributed by atoms with Crippen molar-refractivity contribution >= 4 is 51.2 Å². The molecule has 4 rings (SSSR count). The summed E-state index contributed by atoms with van der Waals surface area (Å²) in [6.07, 6.45) is -0.443. The second-order valence-electron chi connectivity index (χ2n) is 9.36. The molecule has 2 aliphatic heterocycles. The minimum Gasteiger partial charge on any atom is -0.356 e. The van der Waals surface area contributed by atoms with Crippen molar-refractivity contribution in [3.63, 3.8) is 0 Å². The number of hydrogen-bond acceptors (Lipinski definition) is 4. The van der Waals surface area contributed by atoms with Crippen molar-refractivity contribution in [3.8, 4) is 6.07 Å². The number of hydrogen-bond donors (Lipinski definition) is 3. The number of carbonyl (C=O) groups excluding carboxylic acids is 3. The Morgan fingerprint density at radius 1 is 1.27 bits per heavy atom. The normalized spacial score (nSPS) is 24.3. The number of nitrogens with zero attached hydrogens (tertiary/aromatic N) is 2. The van der Waals surface area contributed by atoms with Gasteiger partial charge >= 0.3 is 0 Å². The first kappa shape index (κ1) is 27.2. The molecule has 2 aliphatic rings. The maximum atomic E-state index is 14.7. The summed E-state index contributed by atoms with van der Waals surface area (Å²) in [5.41, 5.74) is -0.513. The fourth-order valence-corrected chi connectivity index (χ4v) is 5.71. The molecule has 1 aromatic heterocycles. The molecule has 2 aromatic rings. The van der Waals surface area contributed by atoms with Gasteiger partial charge < -0.3 is 20.5 Å². The number of alkyl halides is 3. The maximum absolute atomic E-state index is 14.7. The molecule has 3 heterocycles. The number of aromatic nitrogens is 1. The van der Waals surface area contributed by atoms with Crippen LogP contribution in [-0.4, -0.2) is 62.6 Å². The van der Waals surface area contributed by atoms with E-state index in [2.05, 4.69) is 15.6 Å². The van der Waals surface area contributed by atoms with Gasteiger partial charge in [-0.05, 0) is 37.5 Å². The lowest BCUT2D eigenvalue weighted by Crippen LogP contribution is -2.62. The van der Waals surface area contributed by atoms with Crippen LogP contribution in [0.25, 0.3) is 10.9 Å². The van der Waals surface area contributed by atoms with Gasteiger partial charge in [0.25, 0.3) is 11.8 Å². The Morgan fingerprint density at radius 2 is 2.00 bits per heavy atom. The zero-order valence-corrected chi connectivity index (χ0v) is 21.7. The van der Waals surface area contributed by atoms with Gasteiger partial charge in [-0.15, -0.1) is 0 Å². The number of amides is 3. The zero-order valence-electron chi connectivity index (χ0n) is 19.5. The fraction of sp³-hybridized carbons (Fsp3) is 0.500. The van der Waals surface area contributed by atoms with Crippen molar-refractivity contribution in [2.45, 2.75) is 56.2 Å². The number of nitriles is 1. The Labute approximate surface area is 223 Å². The SMILES string of the molecule is N#C[C@H](C[C@@H]1CCCNC1=O)NC(=O)[C@@H]1CC(F)(F)C[C@H](CI)N1C(=O)c1cc2c(F)ccc(F)c2[nH]1. The van der Waals surface area contributed by atoms with Gasteiger partial charge in [-0.3, -0.25) is 14.4 Å². The van der Waals surface area contributed by atoms with Crippen LogP contribution in [0.2, 0.25) is 0 Å². The molecule has 0 spiro atoms. The predicted molar refractivity (Wildman–Crippen MR) is 133 cm³/mol. The maximum Gasteiger partial charge on any atom is 0.271 e. The molecule has 3 amide bonds. The van der Waals surface area contributed by atoms with Crippen LogP contribution in [-0.2, 0) is 9.59 Å². The Hall–Kier alpha value is -2.89. The van der Waals surface area contributed by atoms with Crippen LogP contribution in [0.15, 0.2) is 18.2 Å². The van der Waals surface area contributed by atoms with E-state index in [0.29, 0.717) is 19.4 Å². The minimum atomic E-state index is -3.27. The van der Waals surface area contributed by atoms with Crippen LogP contribution >= 0.6 is 22.6 Å². The molecule has 0 radical (unpaired) electrons. The van der Waals surface area contributed by atoms with E-state index >= 15 is 0 Å². The summed E-state index contributed by atoms with van der Waals surface area (Å²) in [6, 6.07) is 0.939. The third-order valence-corrected chi connectivity index (χ3v) is 7.80. The molecule has 0 unspecified atom stereocenters. The number of likely N-dealkylation sites (tertiary alicyclic amines) is 1. The second kappa shape index (κ2) is 10.8. The molecule has 1 aromatic carbocycles. The molecule has 2 fully saturated rings. The largest absolute Gasteiger partial charge is 0.356 e. The van der Waals surface area contributed by atoms with E-state index < -0.39 is 66.3 Å². The number of aromatic amines is 1. The molecule has 8 nitrogen and oxygen atoms in total. The molecule has 3 N–H and O–H groups in total. The van der Waals surface area contributed by atoms with E-state index in [0.717, 1.165) is 23.1 Å². The average Bonchev–Trinajstić information content (AvgIpc) is 3.32. The Morgan fingerprint density at radius 3 is 2.65 bits per heavy atom. The van der Waals surface area contributed by atoms with Crippen LogP contribution < -0.4 is 10.6 Å². The number of nitrogens with one attached hydrogen (secondary N) is 3. The molecule has 2 saturated heterocycles. The molecule has 0 bridgehead atoms. The lowest BCUT2D eigenvalue weighted by Gasteiger charge is -2.43. The number of halogens is 5. The van der Waals surface area contributed by atoms with Crippen LogP contribution in [0.3, 0.4) is 0 Å². The highest BCUT2D eigenvalue weighted by Gasteiger charge is 2.50. The fourth-order valence-electron chi connectivity index (χ4n) is 4.98. The zero-order chi connectivity index (χ0) is 26.9. The third-order valence-electron chi connectivity index (χ3n) is 6.78. The minimum absolute atomic E-state index is 0.00141. The number of rotatable bonds is 6. The van der Waals surface area contributed by atoms with Gasteiger partial charge in [0.2, 0.25) is 11.8 Å². The van der Waals surface area contributed by atoms with E-state index in [1.165, 1.54) is 0 Å². The summed E-state index contributed by atoms with van der Waals surface area (Å²) in [6.45, 7) is 0.520. The molecule has 37 heavy (non-hydrogen) atoms. The van der Waals surface area contributed by atoms with Crippen LogP contribution in [0.1, 0.15) is 42.6 Å². The number of benzene rings is 1. The average molecular weight is 633 g/mol. The summed E-state index contributed by atoms with van der Waals surface area (Å²) in [4.78, 5) is 42.3. The Balaban J connectivity index is 1.62. The first-order valence-electron chi connectivity index (χ1n) is 11.8. The lowest BCUT2D eigenvalue weighted by atomic mass is 9.90. The van der Waals surface area contributed by atoms with Crippen LogP contribution in [0, 0.1) is 28.9 Å². The van der Waals surface area contributed by atoms with Crippen molar-refractivity contribution in [3.05, 3.63) is 35.5 Å². The summed E-state index contributed by atoms with van der Waals surface area (Å²) < 4.78 is 57.8. The summed E-state index contributed by atoms with van der Waals surface area (Å²) in [7, 11) is 0. The third kappa shape index (κ3) is 5.68.